The van der Waals surface area contributed by atoms with Crippen LogP contribution in [0.5, 0.6) is 0 Å². The second-order valence-electron chi connectivity index (χ2n) is 7.45. The summed E-state index contributed by atoms with van der Waals surface area (Å²) in [7, 11) is 2.97. The Labute approximate surface area is 179 Å². The van der Waals surface area contributed by atoms with Gasteiger partial charge in [0, 0.05) is 45.6 Å². The molecule has 11 nitrogen and oxygen atoms in total. The Balaban J connectivity index is 2.29. The van der Waals surface area contributed by atoms with Gasteiger partial charge >= 0.3 is 11.7 Å². The summed E-state index contributed by atoms with van der Waals surface area (Å²) >= 11 is 0. The number of hydrogen-bond donors (Lipinski definition) is 3. The van der Waals surface area contributed by atoms with Crippen LogP contribution in [0.25, 0.3) is 0 Å². The van der Waals surface area contributed by atoms with Crippen molar-refractivity contribution in [2.45, 2.75) is 64.4 Å². The van der Waals surface area contributed by atoms with Crippen molar-refractivity contribution in [3.8, 4) is 0 Å². The first kappa shape index (κ1) is 24.3. The van der Waals surface area contributed by atoms with Crippen LogP contribution in [0.15, 0.2) is 15.8 Å². The molecule has 11 heteroatoms. The molecule has 0 aromatic carbocycles. The number of aromatic nitrogens is 2. The zero-order valence-corrected chi connectivity index (χ0v) is 18.2. The SMILES string of the molecule is CC[C@H]1O[C@@H](c2cn(CCC(=O)NC)c(=O)[nH]c2=O)[C@@H](OC(=O)CCC(=O)NC)C1C. The van der Waals surface area contributed by atoms with E-state index in [0.717, 1.165) is 0 Å². The van der Waals surface area contributed by atoms with Crippen LogP contribution in [0.1, 0.15) is 51.2 Å². The summed E-state index contributed by atoms with van der Waals surface area (Å²) < 4.78 is 12.9. The van der Waals surface area contributed by atoms with E-state index >= 15 is 0 Å². The highest BCUT2D eigenvalue weighted by molar-refractivity contribution is 5.81. The number of aromatic amines is 1. The van der Waals surface area contributed by atoms with Crippen molar-refractivity contribution in [2.75, 3.05) is 14.1 Å². The fourth-order valence-electron chi connectivity index (χ4n) is 3.56. The van der Waals surface area contributed by atoms with Gasteiger partial charge in [-0.15, -0.1) is 0 Å². The number of ether oxygens (including phenoxy) is 2. The third-order valence-corrected chi connectivity index (χ3v) is 5.43. The predicted octanol–water partition coefficient (Wildman–Crippen LogP) is -0.403. The minimum absolute atomic E-state index is 0.00980. The van der Waals surface area contributed by atoms with E-state index in [2.05, 4.69) is 15.6 Å². The van der Waals surface area contributed by atoms with Gasteiger partial charge in [0.1, 0.15) is 12.2 Å². The standard InChI is InChI=1S/C20H30N4O7/c1-5-13-11(2)17(31-16(27)7-6-14(25)21-3)18(30-13)12-10-24(9-8-15(26)22-4)20(29)23-19(12)28/h10-11,13,17-18H,5-9H2,1-4H3,(H,21,25)(H,22,26)(H,23,28,29)/t11?,13-,17+,18+/m1/s1. The summed E-state index contributed by atoms with van der Waals surface area (Å²) in [5, 5.41) is 4.91. The molecule has 4 atom stereocenters. The van der Waals surface area contributed by atoms with Crippen LogP contribution < -0.4 is 21.9 Å². The van der Waals surface area contributed by atoms with Crippen LogP contribution in [-0.4, -0.2) is 53.6 Å². The smallest absolute Gasteiger partial charge is 0.328 e. The molecule has 0 radical (unpaired) electrons. The van der Waals surface area contributed by atoms with Crippen LogP contribution in [0, 0.1) is 5.92 Å². The molecule has 3 N–H and O–H groups in total. The van der Waals surface area contributed by atoms with E-state index in [1.165, 1.54) is 24.9 Å². The number of H-pyrrole nitrogens is 1. The number of carbonyl (C=O) groups is 3. The Bertz CT molecular complexity index is 923. The van der Waals surface area contributed by atoms with E-state index in [1.54, 1.807) is 0 Å². The molecule has 0 bridgehead atoms. The van der Waals surface area contributed by atoms with Crippen LogP contribution in [0.2, 0.25) is 0 Å². The molecule has 0 saturated carbocycles. The Morgan fingerprint density at radius 2 is 1.77 bits per heavy atom. The first-order valence-corrected chi connectivity index (χ1v) is 10.3. The fourth-order valence-corrected chi connectivity index (χ4v) is 3.56. The number of esters is 1. The first-order chi connectivity index (χ1) is 14.7. The van der Waals surface area contributed by atoms with Gasteiger partial charge < -0.3 is 20.1 Å². The van der Waals surface area contributed by atoms with Crippen LogP contribution in [-0.2, 0) is 30.4 Å². The monoisotopic (exact) mass is 438 g/mol. The summed E-state index contributed by atoms with van der Waals surface area (Å²) in [4.78, 5) is 62.2. The number of nitrogens with zero attached hydrogens (tertiary/aromatic N) is 1. The average Bonchev–Trinajstić information content (AvgIpc) is 3.06. The highest BCUT2D eigenvalue weighted by atomic mass is 16.6. The topological polar surface area (TPSA) is 149 Å². The number of amides is 2. The normalized spacial score (nSPS) is 22.7. The van der Waals surface area contributed by atoms with Crippen molar-refractivity contribution in [1.29, 1.82) is 0 Å². The van der Waals surface area contributed by atoms with Gasteiger partial charge in [0.15, 0.2) is 0 Å². The zero-order valence-electron chi connectivity index (χ0n) is 18.2. The lowest BCUT2D eigenvalue weighted by molar-refractivity contribution is -0.154. The number of nitrogens with one attached hydrogen (secondary N) is 3. The van der Waals surface area contributed by atoms with E-state index in [9.17, 15) is 24.0 Å². The largest absolute Gasteiger partial charge is 0.459 e. The molecular weight excluding hydrogens is 408 g/mol. The lowest BCUT2D eigenvalue weighted by atomic mass is 9.94. The second-order valence-corrected chi connectivity index (χ2v) is 7.45. The predicted molar refractivity (Wildman–Crippen MR) is 110 cm³/mol. The summed E-state index contributed by atoms with van der Waals surface area (Å²) in [6, 6.07) is 0. The molecule has 2 rings (SSSR count). The minimum Gasteiger partial charge on any atom is -0.459 e. The number of hydrogen-bond acceptors (Lipinski definition) is 7. The Morgan fingerprint density at radius 1 is 1.13 bits per heavy atom. The highest BCUT2D eigenvalue weighted by Gasteiger charge is 2.45. The quantitative estimate of drug-likeness (QED) is 0.444. The van der Waals surface area contributed by atoms with Crippen molar-refractivity contribution >= 4 is 17.8 Å². The van der Waals surface area contributed by atoms with Gasteiger partial charge in [-0.3, -0.25) is 28.7 Å². The third kappa shape index (κ3) is 6.03. The van der Waals surface area contributed by atoms with Gasteiger partial charge in [-0.25, -0.2) is 4.79 Å². The second kappa shape index (κ2) is 10.9. The van der Waals surface area contributed by atoms with E-state index < -0.39 is 29.4 Å². The van der Waals surface area contributed by atoms with Gasteiger partial charge in [0.05, 0.1) is 18.1 Å². The number of carbonyl (C=O) groups excluding carboxylic acids is 3. The van der Waals surface area contributed by atoms with Crippen molar-refractivity contribution in [1.82, 2.24) is 20.2 Å². The van der Waals surface area contributed by atoms with Gasteiger partial charge in [-0.1, -0.05) is 13.8 Å². The lowest BCUT2D eigenvalue weighted by Crippen LogP contribution is -2.36. The summed E-state index contributed by atoms with van der Waals surface area (Å²) in [6.45, 7) is 3.85. The Hall–Kier alpha value is -2.95. The third-order valence-electron chi connectivity index (χ3n) is 5.43. The average molecular weight is 438 g/mol. The van der Waals surface area contributed by atoms with Gasteiger partial charge in [0.25, 0.3) is 5.56 Å². The summed E-state index contributed by atoms with van der Waals surface area (Å²) in [6.07, 6.45) is 0.0426. The lowest BCUT2D eigenvalue weighted by Gasteiger charge is -2.22. The number of aryl methyl sites for hydroxylation is 1. The van der Waals surface area contributed by atoms with E-state index in [-0.39, 0.29) is 55.2 Å². The van der Waals surface area contributed by atoms with Crippen LogP contribution >= 0.6 is 0 Å². The molecule has 0 aliphatic carbocycles. The van der Waals surface area contributed by atoms with Gasteiger partial charge in [0.2, 0.25) is 11.8 Å². The molecule has 0 spiro atoms. The van der Waals surface area contributed by atoms with Crippen molar-refractivity contribution in [2.24, 2.45) is 5.92 Å². The van der Waals surface area contributed by atoms with Crippen molar-refractivity contribution < 1.29 is 23.9 Å². The molecule has 1 aliphatic rings. The molecule has 31 heavy (non-hydrogen) atoms. The maximum Gasteiger partial charge on any atom is 0.328 e. The number of rotatable bonds is 9. The maximum absolute atomic E-state index is 12.5. The molecule has 1 aromatic heterocycles. The molecule has 1 aliphatic heterocycles. The maximum atomic E-state index is 12.5. The molecule has 1 unspecified atom stereocenters. The Morgan fingerprint density at radius 3 is 2.39 bits per heavy atom. The van der Waals surface area contributed by atoms with Gasteiger partial charge in [-0.2, -0.15) is 0 Å². The zero-order chi connectivity index (χ0) is 23.1. The molecule has 1 fully saturated rings. The van der Waals surface area contributed by atoms with Gasteiger partial charge in [-0.05, 0) is 6.42 Å². The van der Waals surface area contributed by atoms with E-state index in [4.69, 9.17) is 9.47 Å². The van der Waals surface area contributed by atoms with E-state index in [1.807, 2.05) is 13.8 Å². The van der Waals surface area contributed by atoms with Crippen molar-refractivity contribution in [3.63, 3.8) is 0 Å². The fraction of sp³-hybridized carbons (Fsp3) is 0.650. The Kier molecular flexibility index (Phi) is 8.55. The molecule has 2 heterocycles. The first-order valence-electron chi connectivity index (χ1n) is 10.3. The molecule has 1 saturated heterocycles. The summed E-state index contributed by atoms with van der Waals surface area (Å²) in [5.41, 5.74) is -1.14. The minimum atomic E-state index is -0.875. The molecule has 1 aromatic rings. The van der Waals surface area contributed by atoms with Crippen LogP contribution in [0.4, 0.5) is 0 Å². The van der Waals surface area contributed by atoms with E-state index in [0.29, 0.717) is 6.42 Å². The molecular formula is C20H30N4O7. The molecule has 2 amide bonds. The molecule has 172 valence electrons. The van der Waals surface area contributed by atoms with Crippen molar-refractivity contribution in [3.05, 3.63) is 32.6 Å². The van der Waals surface area contributed by atoms with Crippen LogP contribution in [0.3, 0.4) is 0 Å². The summed E-state index contributed by atoms with van der Waals surface area (Å²) in [5.74, 6) is -1.31. The highest BCUT2D eigenvalue weighted by Crippen LogP contribution is 2.39.